The minimum Gasteiger partial charge on any atom is -0.387 e. The number of nitrogens with zero attached hydrogens (tertiary/aromatic N) is 6. The normalized spacial score (nSPS) is 15.5. The molecule has 1 amide bonds. The Bertz CT molecular complexity index is 1300. The Morgan fingerprint density at radius 1 is 1.03 bits per heavy atom. The summed E-state index contributed by atoms with van der Waals surface area (Å²) in [6, 6.07) is 7.88. The monoisotopic (exact) mass is 418 g/mol. The molecule has 1 saturated heterocycles. The molecule has 9 heteroatoms. The van der Waals surface area contributed by atoms with E-state index in [4.69, 9.17) is 15.0 Å². The molecule has 9 nitrogen and oxygen atoms in total. The zero-order valence-corrected chi connectivity index (χ0v) is 18.0. The van der Waals surface area contributed by atoms with Crippen LogP contribution >= 0.6 is 0 Å². The average Bonchev–Trinajstić information content (AvgIpc) is 3.05. The van der Waals surface area contributed by atoms with Crippen LogP contribution in [0.15, 0.2) is 30.5 Å². The Morgan fingerprint density at radius 3 is 2.68 bits per heavy atom. The molecule has 1 aromatic carbocycles. The van der Waals surface area contributed by atoms with Gasteiger partial charge in [-0.25, -0.2) is 9.97 Å². The molecule has 2 N–H and O–H groups in total. The molecule has 160 valence electrons. The quantitative estimate of drug-likeness (QED) is 0.526. The van der Waals surface area contributed by atoms with Gasteiger partial charge in [0.25, 0.3) is 5.91 Å². The SMILES string of the molecule is CNC(=O)c1c(NC)c2cnc(N3CCCN(C)CC3)nc2n2c1nc1ccccc12. The van der Waals surface area contributed by atoms with Gasteiger partial charge >= 0.3 is 0 Å². The third-order valence-electron chi connectivity index (χ3n) is 5.98. The summed E-state index contributed by atoms with van der Waals surface area (Å²) >= 11 is 0. The molecular formula is C22H26N8O. The van der Waals surface area contributed by atoms with Crippen LogP contribution in [0.5, 0.6) is 0 Å². The van der Waals surface area contributed by atoms with E-state index < -0.39 is 0 Å². The molecule has 0 bridgehead atoms. The number of benzene rings is 1. The number of carbonyl (C=O) groups is 1. The molecule has 5 rings (SSSR count). The number of anilines is 2. The molecular weight excluding hydrogens is 392 g/mol. The predicted octanol–water partition coefficient (Wildman–Crippen LogP) is 1.97. The smallest absolute Gasteiger partial charge is 0.256 e. The molecule has 1 aliphatic heterocycles. The minimum absolute atomic E-state index is 0.203. The molecule has 1 aliphatic rings. The maximum atomic E-state index is 12.9. The number of pyridine rings is 1. The molecule has 3 aromatic heterocycles. The summed E-state index contributed by atoms with van der Waals surface area (Å²) in [6.07, 6.45) is 2.89. The second-order valence-corrected chi connectivity index (χ2v) is 7.89. The van der Waals surface area contributed by atoms with Crippen LogP contribution in [0.3, 0.4) is 0 Å². The van der Waals surface area contributed by atoms with Crippen LogP contribution in [0.2, 0.25) is 0 Å². The summed E-state index contributed by atoms with van der Waals surface area (Å²) in [4.78, 5) is 31.9. The van der Waals surface area contributed by atoms with Crippen molar-refractivity contribution in [3.05, 3.63) is 36.0 Å². The van der Waals surface area contributed by atoms with E-state index in [1.54, 1.807) is 14.1 Å². The lowest BCUT2D eigenvalue weighted by atomic mass is 10.1. The molecule has 0 atom stereocenters. The lowest BCUT2D eigenvalue weighted by Gasteiger charge is -2.21. The highest BCUT2D eigenvalue weighted by atomic mass is 16.1. The van der Waals surface area contributed by atoms with Gasteiger partial charge in [0.2, 0.25) is 5.95 Å². The van der Waals surface area contributed by atoms with Gasteiger partial charge in [0, 0.05) is 39.9 Å². The summed E-state index contributed by atoms with van der Waals surface area (Å²) in [5, 5.41) is 6.72. The second kappa shape index (κ2) is 7.66. The van der Waals surface area contributed by atoms with E-state index in [1.165, 1.54) is 0 Å². The summed E-state index contributed by atoms with van der Waals surface area (Å²) in [7, 11) is 5.57. The van der Waals surface area contributed by atoms with Crippen LogP contribution in [0, 0.1) is 0 Å². The Balaban J connectivity index is 1.83. The van der Waals surface area contributed by atoms with Gasteiger partial charge in [-0.15, -0.1) is 0 Å². The van der Waals surface area contributed by atoms with Crippen molar-refractivity contribution in [3.8, 4) is 0 Å². The van der Waals surface area contributed by atoms with Crippen LogP contribution in [-0.2, 0) is 0 Å². The topological polar surface area (TPSA) is 90.7 Å². The first-order valence-corrected chi connectivity index (χ1v) is 10.6. The van der Waals surface area contributed by atoms with Crippen LogP contribution in [-0.4, -0.2) is 77.5 Å². The van der Waals surface area contributed by atoms with Gasteiger partial charge < -0.3 is 20.4 Å². The number of nitrogens with one attached hydrogen (secondary N) is 2. The van der Waals surface area contributed by atoms with Gasteiger partial charge in [0.15, 0.2) is 11.3 Å². The number of imidazole rings is 1. The predicted molar refractivity (Wildman–Crippen MR) is 123 cm³/mol. The summed E-state index contributed by atoms with van der Waals surface area (Å²) in [5.41, 5.74) is 4.22. The van der Waals surface area contributed by atoms with Crippen molar-refractivity contribution < 1.29 is 4.79 Å². The van der Waals surface area contributed by atoms with Gasteiger partial charge in [-0.2, -0.15) is 4.98 Å². The van der Waals surface area contributed by atoms with Gasteiger partial charge in [-0.3, -0.25) is 9.20 Å². The number of aromatic nitrogens is 4. The summed E-state index contributed by atoms with van der Waals surface area (Å²) in [6.45, 7) is 3.84. The van der Waals surface area contributed by atoms with E-state index in [9.17, 15) is 4.79 Å². The third-order valence-corrected chi connectivity index (χ3v) is 5.98. The van der Waals surface area contributed by atoms with E-state index in [2.05, 4.69) is 27.5 Å². The van der Waals surface area contributed by atoms with Crippen molar-refractivity contribution in [3.63, 3.8) is 0 Å². The van der Waals surface area contributed by atoms with Crippen molar-refractivity contribution in [1.29, 1.82) is 0 Å². The summed E-state index contributed by atoms with van der Waals surface area (Å²) in [5.74, 6) is 0.503. The number of carbonyl (C=O) groups excluding carboxylic acids is 1. The fourth-order valence-corrected chi connectivity index (χ4v) is 4.36. The Morgan fingerprint density at radius 2 is 1.87 bits per heavy atom. The third kappa shape index (κ3) is 3.12. The van der Waals surface area contributed by atoms with Crippen molar-refractivity contribution in [2.75, 3.05) is 57.5 Å². The number of fused-ring (bicyclic) bond motifs is 5. The Labute approximate surface area is 180 Å². The maximum Gasteiger partial charge on any atom is 0.256 e. The van der Waals surface area contributed by atoms with Crippen molar-refractivity contribution in [1.82, 2.24) is 29.6 Å². The largest absolute Gasteiger partial charge is 0.387 e. The molecule has 0 spiro atoms. The number of hydrogen-bond acceptors (Lipinski definition) is 7. The molecule has 0 saturated carbocycles. The van der Waals surface area contributed by atoms with Crippen LogP contribution in [0.1, 0.15) is 16.8 Å². The first-order chi connectivity index (χ1) is 15.1. The first-order valence-electron chi connectivity index (χ1n) is 10.6. The molecule has 4 aromatic rings. The van der Waals surface area contributed by atoms with E-state index in [0.29, 0.717) is 22.8 Å². The molecule has 31 heavy (non-hydrogen) atoms. The van der Waals surface area contributed by atoms with Gasteiger partial charge in [0.05, 0.1) is 22.1 Å². The van der Waals surface area contributed by atoms with Crippen LogP contribution in [0.25, 0.3) is 27.7 Å². The van der Waals surface area contributed by atoms with E-state index in [1.807, 2.05) is 34.9 Å². The minimum atomic E-state index is -0.203. The fourth-order valence-electron chi connectivity index (χ4n) is 4.36. The maximum absolute atomic E-state index is 12.9. The second-order valence-electron chi connectivity index (χ2n) is 7.89. The standard InChI is InChI=1S/C22H26N8O/c1-23-18-14-13-25-22(29-10-6-9-28(3)11-12-29)27-19(14)30-16-8-5-4-7-15(16)26-20(30)17(18)21(31)24-2/h4-5,7-8,13,23H,6,9-12H2,1-3H3,(H,24,31). The Kier molecular flexibility index (Phi) is 4.82. The number of rotatable bonds is 3. The van der Waals surface area contributed by atoms with Gasteiger partial charge in [-0.05, 0) is 32.1 Å². The van der Waals surface area contributed by atoms with Crippen LogP contribution in [0.4, 0.5) is 11.6 Å². The van der Waals surface area contributed by atoms with Crippen molar-refractivity contribution in [2.24, 2.45) is 0 Å². The van der Waals surface area contributed by atoms with Crippen molar-refractivity contribution in [2.45, 2.75) is 6.42 Å². The molecule has 4 heterocycles. The molecule has 0 unspecified atom stereocenters. The highest BCUT2D eigenvalue weighted by Crippen LogP contribution is 2.33. The van der Waals surface area contributed by atoms with Gasteiger partial charge in [-0.1, -0.05) is 12.1 Å². The molecule has 1 fully saturated rings. The summed E-state index contributed by atoms with van der Waals surface area (Å²) < 4.78 is 1.98. The van der Waals surface area contributed by atoms with E-state index in [-0.39, 0.29) is 5.91 Å². The number of para-hydroxylation sites is 2. The van der Waals surface area contributed by atoms with Crippen molar-refractivity contribution >= 4 is 45.3 Å². The Hall–Kier alpha value is -3.46. The lowest BCUT2D eigenvalue weighted by molar-refractivity contribution is 0.0965. The number of hydrogen-bond donors (Lipinski definition) is 2. The highest BCUT2D eigenvalue weighted by Gasteiger charge is 2.24. The van der Waals surface area contributed by atoms with Gasteiger partial charge in [0.1, 0.15) is 5.56 Å². The lowest BCUT2D eigenvalue weighted by Crippen LogP contribution is -2.30. The zero-order valence-electron chi connectivity index (χ0n) is 18.0. The number of amides is 1. The molecule has 0 aliphatic carbocycles. The average molecular weight is 419 g/mol. The fraction of sp³-hybridized carbons (Fsp3) is 0.364. The van der Waals surface area contributed by atoms with E-state index in [0.717, 1.165) is 54.7 Å². The number of likely N-dealkylation sites (N-methyl/N-ethyl adjacent to an activating group) is 1. The first kappa shape index (κ1) is 19.5. The zero-order chi connectivity index (χ0) is 21.5. The highest BCUT2D eigenvalue weighted by molar-refractivity contribution is 6.13. The van der Waals surface area contributed by atoms with Crippen LogP contribution < -0.4 is 15.5 Å². The van der Waals surface area contributed by atoms with E-state index >= 15 is 0 Å². The molecule has 0 radical (unpaired) electrons.